The number of rotatable bonds is 10. The maximum Gasteiger partial charge on any atom is 0.429 e. The van der Waals surface area contributed by atoms with Gasteiger partial charge in [0.1, 0.15) is 23.2 Å². The Morgan fingerprint density at radius 3 is 2.17 bits per heavy atom. The number of para-hydroxylation sites is 1. The molecule has 4 aromatic carbocycles. The molecule has 3 amide bonds. The van der Waals surface area contributed by atoms with Crippen LogP contribution in [0.3, 0.4) is 0 Å². The number of anilines is 2. The second-order valence-corrected chi connectivity index (χ2v) is 14.6. The Morgan fingerprint density at radius 2 is 1.49 bits per heavy atom. The van der Waals surface area contributed by atoms with Crippen LogP contribution in [0, 0.1) is 41.1 Å². The van der Waals surface area contributed by atoms with Crippen molar-refractivity contribution in [2.45, 2.75) is 50.2 Å². The number of alkyl halides is 6. The lowest BCUT2D eigenvalue weighted by atomic mass is 9.83. The number of carbonyl (C=O) groups excluding carboxylic acids is 3. The summed E-state index contributed by atoms with van der Waals surface area (Å²) in [6, 6.07) is 11.9. The van der Waals surface area contributed by atoms with Crippen molar-refractivity contribution in [3.05, 3.63) is 125 Å². The van der Waals surface area contributed by atoms with Gasteiger partial charge in [0.15, 0.2) is 0 Å². The predicted molar refractivity (Wildman–Crippen MR) is 195 cm³/mol. The van der Waals surface area contributed by atoms with Crippen LogP contribution in [0.4, 0.5) is 55.7 Å². The molecule has 7 rings (SSSR count). The summed E-state index contributed by atoms with van der Waals surface area (Å²) < 4.78 is 137. The van der Waals surface area contributed by atoms with E-state index < -0.39 is 88.2 Å². The highest BCUT2D eigenvalue weighted by Crippen LogP contribution is 2.54. The number of methoxy groups -OCH3 is 1. The summed E-state index contributed by atoms with van der Waals surface area (Å²) in [5.41, 5.74) is -2.76. The molecule has 3 fully saturated rings. The largest absolute Gasteiger partial charge is 0.496 e. The van der Waals surface area contributed by atoms with E-state index in [9.17, 15) is 49.5 Å². The topological polar surface area (TPSA) is 106 Å². The lowest BCUT2D eigenvalue weighted by Crippen LogP contribution is -2.48. The third kappa shape index (κ3) is 8.73. The second-order valence-electron chi connectivity index (χ2n) is 14.6. The summed E-state index contributed by atoms with van der Waals surface area (Å²) in [4.78, 5) is 40.5. The Bertz CT molecular complexity index is 2330. The number of fused-ring (bicyclic) bond motifs is 2. The molecule has 0 aromatic heterocycles. The van der Waals surface area contributed by atoms with E-state index >= 15 is 4.39 Å². The molecule has 0 heterocycles. The van der Waals surface area contributed by atoms with E-state index in [1.165, 1.54) is 37.4 Å². The van der Waals surface area contributed by atoms with Crippen LogP contribution in [0.1, 0.15) is 53.3 Å². The average molecular weight is 832 g/mol. The van der Waals surface area contributed by atoms with Gasteiger partial charge in [0.25, 0.3) is 5.91 Å². The summed E-state index contributed by atoms with van der Waals surface area (Å²) in [5, 5.41) is 7.26. The van der Waals surface area contributed by atoms with Gasteiger partial charge in [0, 0.05) is 28.8 Å². The number of nitrogens with one attached hydrogen (secondary N) is 3. The normalized spacial score (nSPS) is 21.2. The van der Waals surface area contributed by atoms with Gasteiger partial charge < -0.3 is 20.1 Å². The van der Waals surface area contributed by atoms with Gasteiger partial charge in [-0.2, -0.15) is 26.3 Å². The van der Waals surface area contributed by atoms with Crippen molar-refractivity contribution in [2.24, 2.45) is 23.7 Å². The molecule has 17 heteroatoms. The maximum atomic E-state index is 15.4. The molecular formula is C42H34F9N3O5. The van der Waals surface area contributed by atoms with E-state index in [0.29, 0.717) is 25.0 Å². The molecule has 8 nitrogen and oxygen atoms in total. The van der Waals surface area contributed by atoms with Gasteiger partial charge in [0.05, 0.1) is 29.8 Å². The molecule has 3 saturated carbocycles. The van der Waals surface area contributed by atoms with Crippen molar-refractivity contribution >= 4 is 29.3 Å². The fourth-order valence-electron chi connectivity index (χ4n) is 7.95. The zero-order valence-corrected chi connectivity index (χ0v) is 30.8. The number of carbonyl (C=O) groups is 3. The van der Waals surface area contributed by atoms with E-state index in [1.54, 1.807) is 0 Å². The molecule has 59 heavy (non-hydrogen) atoms. The number of ether oxygens (including phenoxy) is 2. The number of amides is 3. The molecule has 3 aliphatic rings. The fourth-order valence-corrected chi connectivity index (χ4v) is 7.95. The molecule has 3 aliphatic carbocycles. The van der Waals surface area contributed by atoms with Gasteiger partial charge in [-0.25, -0.2) is 18.0 Å². The minimum absolute atomic E-state index is 0.0203. The fraction of sp³-hybridized carbons (Fsp3) is 0.310. The van der Waals surface area contributed by atoms with Crippen LogP contribution in [0.15, 0.2) is 90.5 Å². The van der Waals surface area contributed by atoms with Crippen molar-refractivity contribution in [3.8, 4) is 16.9 Å². The van der Waals surface area contributed by atoms with Crippen LogP contribution >= 0.6 is 0 Å². The van der Waals surface area contributed by atoms with Gasteiger partial charge in [-0.15, -0.1) is 0 Å². The predicted octanol–water partition coefficient (Wildman–Crippen LogP) is 10.4. The highest BCUT2D eigenvalue weighted by Gasteiger charge is 2.55. The molecule has 2 bridgehead atoms. The number of allylic oxidation sites excluding steroid dienone is 1. The van der Waals surface area contributed by atoms with Crippen molar-refractivity contribution < 1.29 is 63.4 Å². The molecular weight excluding hydrogens is 797 g/mol. The summed E-state index contributed by atoms with van der Waals surface area (Å²) >= 11 is 0. The molecule has 0 saturated heterocycles. The molecule has 4 aromatic rings. The maximum absolute atomic E-state index is 15.4. The first-order chi connectivity index (χ1) is 27.9. The molecule has 0 aliphatic heterocycles. The third-order valence-corrected chi connectivity index (χ3v) is 10.8. The third-order valence-electron chi connectivity index (χ3n) is 10.8. The zero-order chi connectivity index (χ0) is 42.4. The number of halogens is 9. The van der Waals surface area contributed by atoms with Gasteiger partial charge in [-0.3, -0.25) is 14.9 Å². The van der Waals surface area contributed by atoms with E-state index in [4.69, 9.17) is 4.74 Å². The lowest BCUT2D eigenvalue weighted by molar-refractivity contribution is -0.205. The monoisotopic (exact) mass is 831 g/mol. The van der Waals surface area contributed by atoms with Gasteiger partial charge >= 0.3 is 18.4 Å². The van der Waals surface area contributed by atoms with E-state index in [-0.39, 0.29) is 40.3 Å². The number of hydrogen-bond donors (Lipinski definition) is 3. The smallest absolute Gasteiger partial charge is 0.429 e. The summed E-state index contributed by atoms with van der Waals surface area (Å²) in [5.74, 6) is -6.34. The van der Waals surface area contributed by atoms with Gasteiger partial charge in [-0.05, 0) is 97.7 Å². The van der Waals surface area contributed by atoms with Crippen LogP contribution in [0.5, 0.6) is 5.75 Å². The Morgan fingerprint density at radius 1 is 0.780 bits per heavy atom. The standard InChI is InChI=1S/C42H34F9N3O5/c1-58-34-15-9-21(26-18-22(8-13-30(26)43)37(42(49,50)51)59-40(57)53-33-5-3-2-4-32(33)45)17-28(34)38(55)54-36-25-12-11-24(27(25)16-20-6-7-20)35(36)39(56)52-23-10-14-31(44)29(19-23)41(46,47)48/h2-5,8-10,13-20,24-25,35-37H,6-7,11-12H2,1H3,(H,52,56)(H,53,57)(H,54,55)/b27-16-/t24?,25?,35-,36?,37?/m0/s1. The molecule has 0 radical (unpaired) electrons. The summed E-state index contributed by atoms with van der Waals surface area (Å²) in [6.07, 6.45) is -9.71. The van der Waals surface area contributed by atoms with Crippen molar-refractivity contribution in [1.82, 2.24) is 5.32 Å². The minimum Gasteiger partial charge on any atom is -0.496 e. The van der Waals surface area contributed by atoms with E-state index in [0.717, 1.165) is 54.8 Å². The molecule has 4 unspecified atom stereocenters. The number of benzene rings is 4. The van der Waals surface area contributed by atoms with Crippen molar-refractivity contribution in [2.75, 3.05) is 17.7 Å². The second kappa shape index (κ2) is 16.0. The Balaban J connectivity index is 1.17. The Hall–Kier alpha value is -6.00. The van der Waals surface area contributed by atoms with E-state index in [2.05, 4.69) is 21.4 Å². The molecule has 3 N–H and O–H groups in total. The zero-order valence-electron chi connectivity index (χ0n) is 30.8. The Kier molecular flexibility index (Phi) is 11.2. The molecule has 5 atom stereocenters. The first kappa shape index (κ1) is 41.2. The van der Waals surface area contributed by atoms with Gasteiger partial charge in [-0.1, -0.05) is 35.9 Å². The van der Waals surface area contributed by atoms with Crippen LogP contribution in [0.2, 0.25) is 0 Å². The minimum atomic E-state index is -5.21. The Labute approximate surface area is 330 Å². The number of hydrogen-bond acceptors (Lipinski definition) is 5. The van der Waals surface area contributed by atoms with Crippen molar-refractivity contribution in [3.63, 3.8) is 0 Å². The summed E-state index contributed by atoms with van der Waals surface area (Å²) in [7, 11) is 1.24. The first-order valence-corrected chi connectivity index (χ1v) is 18.4. The molecule has 310 valence electrons. The van der Waals surface area contributed by atoms with Crippen LogP contribution in [0.25, 0.3) is 11.1 Å². The lowest BCUT2D eigenvalue weighted by Gasteiger charge is -2.30. The van der Waals surface area contributed by atoms with Crippen LogP contribution in [-0.2, 0) is 15.7 Å². The first-order valence-electron chi connectivity index (χ1n) is 18.4. The van der Waals surface area contributed by atoms with Crippen LogP contribution < -0.4 is 20.7 Å². The van der Waals surface area contributed by atoms with Crippen molar-refractivity contribution in [1.29, 1.82) is 0 Å². The molecule has 0 spiro atoms. The van der Waals surface area contributed by atoms with Crippen LogP contribution in [-0.4, -0.2) is 37.2 Å². The highest BCUT2D eigenvalue weighted by atomic mass is 19.4. The van der Waals surface area contributed by atoms with E-state index in [1.807, 2.05) is 5.32 Å². The SMILES string of the molecule is COc1ccc(-c2cc(C(OC(=O)Nc3ccccc3F)C(F)(F)F)ccc2F)cc1C(=O)NC1C2CCC(/C2=C/C2CC2)[C@@H]1C(=O)Nc1ccc(F)c(C(F)(F)F)c1. The summed E-state index contributed by atoms with van der Waals surface area (Å²) in [6.45, 7) is 0. The highest BCUT2D eigenvalue weighted by molar-refractivity contribution is 6.00. The van der Waals surface area contributed by atoms with Gasteiger partial charge in [0.2, 0.25) is 12.0 Å². The average Bonchev–Trinajstić information content (AvgIpc) is 3.86. The quantitative estimate of drug-likeness (QED) is 0.109.